The van der Waals surface area contributed by atoms with E-state index in [0.29, 0.717) is 18.5 Å². The highest BCUT2D eigenvalue weighted by Gasteiger charge is 2.33. The molecule has 7 nitrogen and oxygen atoms in total. The average molecular weight is 336 g/mol. The van der Waals surface area contributed by atoms with Gasteiger partial charge in [-0.05, 0) is 31.0 Å². The first-order chi connectivity index (χ1) is 11.4. The zero-order valence-corrected chi connectivity index (χ0v) is 14.5. The summed E-state index contributed by atoms with van der Waals surface area (Å²) in [6.07, 6.45) is 1.15. The van der Waals surface area contributed by atoms with Gasteiger partial charge in [-0.15, -0.1) is 0 Å². The summed E-state index contributed by atoms with van der Waals surface area (Å²) in [5.41, 5.74) is 5.66. The number of amides is 1. The molecule has 132 valence electrons. The predicted octanol–water partition coefficient (Wildman–Crippen LogP) is 1.96. The average Bonchev–Trinajstić information content (AvgIpc) is 2.61. The fourth-order valence-electron chi connectivity index (χ4n) is 2.39. The van der Waals surface area contributed by atoms with Gasteiger partial charge in [0, 0.05) is 12.2 Å². The van der Waals surface area contributed by atoms with E-state index in [1.807, 2.05) is 13.8 Å². The lowest BCUT2D eigenvalue weighted by molar-refractivity contribution is -0.125. The van der Waals surface area contributed by atoms with Crippen LogP contribution in [-0.2, 0) is 14.3 Å². The maximum Gasteiger partial charge on any atom is 0.337 e. The fourth-order valence-corrected chi connectivity index (χ4v) is 2.39. The highest BCUT2D eigenvalue weighted by atomic mass is 16.5. The number of carbonyl (C=O) groups is 3. The van der Waals surface area contributed by atoms with Crippen LogP contribution in [0.1, 0.15) is 47.4 Å². The number of nitrogens with two attached hydrogens (primary N) is 1. The van der Waals surface area contributed by atoms with Crippen LogP contribution >= 0.6 is 0 Å². The maximum absolute atomic E-state index is 12.6. The summed E-state index contributed by atoms with van der Waals surface area (Å²) in [6, 6.07) is 4.24. The molecule has 0 aliphatic carbocycles. The number of esters is 2. The molecule has 0 aliphatic heterocycles. The van der Waals surface area contributed by atoms with Crippen LogP contribution in [0.4, 0.5) is 5.69 Å². The molecule has 0 heterocycles. The molecule has 7 heteroatoms. The van der Waals surface area contributed by atoms with E-state index >= 15 is 0 Å². The molecule has 0 atom stereocenters. The largest absolute Gasteiger partial charge is 0.465 e. The monoisotopic (exact) mass is 336 g/mol. The minimum atomic E-state index is -0.702. The van der Waals surface area contributed by atoms with Crippen LogP contribution in [0.15, 0.2) is 18.2 Å². The number of nitrogens with one attached hydrogen (secondary N) is 1. The molecule has 1 aromatic rings. The molecule has 0 aromatic heterocycles. The Balaban J connectivity index is 3.25. The first kappa shape index (κ1) is 19.6. The Morgan fingerprint density at radius 3 is 1.79 bits per heavy atom. The Kier molecular flexibility index (Phi) is 6.91. The lowest BCUT2D eigenvalue weighted by Gasteiger charge is -2.28. The summed E-state index contributed by atoms with van der Waals surface area (Å²) in [5.74, 6) is -1.49. The lowest BCUT2D eigenvalue weighted by Crippen LogP contribution is -2.41. The Morgan fingerprint density at radius 2 is 1.46 bits per heavy atom. The van der Waals surface area contributed by atoms with Crippen LogP contribution in [-0.4, -0.2) is 38.6 Å². The van der Waals surface area contributed by atoms with Gasteiger partial charge in [-0.1, -0.05) is 13.8 Å². The van der Waals surface area contributed by atoms with E-state index in [9.17, 15) is 14.4 Å². The van der Waals surface area contributed by atoms with Gasteiger partial charge in [0.25, 0.3) is 0 Å². The zero-order valence-electron chi connectivity index (χ0n) is 14.5. The van der Waals surface area contributed by atoms with E-state index in [2.05, 4.69) is 14.8 Å². The standard InChI is InChI=1S/C17H24N2O5/c1-5-17(6-2,10-18)16(22)19-13-8-11(14(20)23-3)7-12(9-13)15(21)24-4/h7-9H,5-6,10,18H2,1-4H3,(H,19,22). The van der Waals surface area contributed by atoms with Gasteiger partial charge in [0.05, 0.1) is 30.8 Å². The number of rotatable bonds is 7. The molecular weight excluding hydrogens is 312 g/mol. The predicted molar refractivity (Wildman–Crippen MR) is 89.8 cm³/mol. The molecule has 0 saturated heterocycles. The van der Waals surface area contributed by atoms with Gasteiger partial charge in [0.15, 0.2) is 0 Å². The molecule has 0 radical (unpaired) electrons. The second-order valence-corrected chi connectivity index (χ2v) is 5.43. The van der Waals surface area contributed by atoms with Crippen LogP contribution in [0.5, 0.6) is 0 Å². The number of hydrogen-bond acceptors (Lipinski definition) is 6. The number of anilines is 1. The van der Waals surface area contributed by atoms with Crippen molar-refractivity contribution >= 4 is 23.5 Å². The maximum atomic E-state index is 12.6. The first-order valence-electron chi connectivity index (χ1n) is 7.70. The molecule has 0 spiro atoms. The van der Waals surface area contributed by atoms with E-state index in [4.69, 9.17) is 5.73 Å². The van der Waals surface area contributed by atoms with E-state index in [1.54, 1.807) is 0 Å². The first-order valence-corrected chi connectivity index (χ1v) is 7.70. The molecule has 24 heavy (non-hydrogen) atoms. The highest BCUT2D eigenvalue weighted by molar-refractivity contribution is 6.00. The number of methoxy groups -OCH3 is 2. The van der Waals surface area contributed by atoms with Gasteiger partial charge in [0.1, 0.15) is 0 Å². The number of hydrogen-bond donors (Lipinski definition) is 2. The molecule has 0 aliphatic rings. The smallest absolute Gasteiger partial charge is 0.337 e. The molecule has 0 saturated carbocycles. The highest BCUT2D eigenvalue weighted by Crippen LogP contribution is 2.27. The zero-order chi connectivity index (χ0) is 18.3. The SMILES string of the molecule is CCC(CC)(CN)C(=O)Nc1cc(C(=O)OC)cc(C(=O)OC)c1. The van der Waals surface area contributed by atoms with Crippen LogP contribution in [0, 0.1) is 5.41 Å². The molecule has 1 amide bonds. The lowest BCUT2D eigenvalue weighted by atomic mass is 9.81. The molecule has 1 rings (SSSR count). The fraction of sp³-hybridized carbons (Fsp3) is 0.471. The van der Waals surface area contributed by atoms with Crippen molar-refractivity contribution in [3.05, 3.63) is 29.3 Å². The van der Waals surface area contributed by atoms with Crippen molar-refractivity contribution in [1.82, 2.24) is 0 Å². The Morgan fingerprint density at radius 1 is 1.00 bits per heavy atom. The Hall–Kier alpha value is -2.41. The summed E-state index contributed by atoms with van der Waals surface area (Å²) in [5, 5.41) is 2.74. The number of benzene rings is 1. The molecule has 0 unspecified atom stereocenters. The Bertz CT molecular complexity index is 581. The van der Waals surface area contributed by atoms with Crippen molar-refractivity contribution < 1.29 is 23.9 Å². The van der Waals surface area contributed by atoms with Crippen molar-refractivity contribution in [2.45, 2.75) is 26.7 Å². The van der Waals surface area contributed by atoms with Crippen LogP contribution in [0.25, 0.3) is 0 Å². The van der Waals surface area contributed by atoms with Crippen LogP contribution in [0.2, 0.25) is 0 Å². The minimum absolute atomic E-state index is 0.141. The van der Waals surface area contributed by atoms with Crippen LogP contribution in [0.3, 0.4) is 0 Å². The van der Waals surface area contributed by atoms with E-state index in [0.717, 1.165) is 0 Å². The molecule has 1 aromatic carbocycles. The van der Waals surface area contributed by atoms with Crippen molar-refractivity contribution in [2.24, 2.45) is 11.1 Å². The van der Waals surface area contributed by atoms with Crippen molar-refractivity contribution in [2.75, 3.05) is 26.1 Å². The second kappa shape index (κ2) is 8.44. The van der Waals surface area contributed by atoms with E-state index in [-0.39, 0.29) is 23.6 Å². The molecule has 0 bridgehead atoms. The summed E-state index contributed by atoms with van der Waals surface area (Å²) in [6.45, 7) is 3.98. The van der Waals surface area contributed by atoms with Gasteiger partial charge in [0.2, 0.25) is 5.91 Å². The van der Waals surface area contributed by atoms with E-state index in [1.165, 1.54) is 32.4 Å². The van der Waals surface area contributed by atoms with Gasteiger partial charge < -0.3 is 20.5 Å². The Labute approximate surface area is 141 Å². The minimum Gasteiger partial charge on any atom is -0.465 e. The third-order valence-electron chi connectivity index (χ3n) is 4.26. The summed E-state index contributed by atoms with van der Waals surface area (Å²) in [4.78, 5) is 36.2. The summed E-state index contributed by atoms with van der Waals surface area (Å²) >= 11 is 0. The topological polar surface area (TPSA) is 108 Å². The second-order valence-electron chi connectivity index (χ2n) is 5.43. The normalized spacial score (nSPS) is 10.9. The molecule has 3 N–H and O–H groups in total. The number of ether oxygens (including phenoxy) is 2. The third kappa shape index (κ3) is 4.11. The van der Waals surface area contributed by atoms with Crippen molar-refractivity contribution in [3.8, 4) is 0 Å². The van der Waals surface area contributed by atoms with Gasteiger partial charge in [-0.25, -0.2) is 9.59 Å². The van der Waals surface area contributed by atoms with Crippen molar-refractivity contribution in [3.63, 3.8) is 0 Å². The van der Waals surface area contributed by atoms with E-state index < -0.39 is 17.4 Å². The van der Waals surface area contributed by atoms with Gasteiger partial charge in [-0.3, -0.25) is 4.79 Å². The third-order valence-corrected chi connectivity index (χ3v) is 4.26. The quantitative estimate of drug-likeness (QED) is 0.737. The van der Waals surface area contributed by atoms with Crippen molar-refractivity contribution in [1.29, 1.82) is 0 Å². The number of carbonyl (C=O) groups excluding carboxylic acids is 3. The molecular formula is C17H24N2O5. The van der Waals surface area contributed by atoms with Crippen LogP contribution < -0.4 is 11.1 Å². The van der Waals surface area contributed by atoms with Gasteiger partial charge >= 0.3 is 11.9 Å². The molecule has 0 fully saturated rings. The summed E-state index contributed by atoms with van der Waals surface area (Å²) in [7, 11) is 2.47. The summed E-state index contributed by atoms with van der Waals surface area (Å²) < 4.78 is 9.34. The van der Waals surface area contributed by atoms with Gasteiger partial charge in [-0.2, -0.15) is 0 Å².